The second-order valence-electron chi connectivity index (χ2n) is 7.40. The van der Waals surface area contributed by atoms with Crippen LogP contribution in [-0.4, -0.2) is 63.4 Å². The van der Waals surface area contributed by atoms with Crippen LogP contribution in [0.25, 0.3) is 0 Å². The standard InChI is InChI=1S/C20H32N4O3S/c1-16(11-14-28(3,26)27)23-20(21-2)22-12-6-9-19(25)24-13-10-17-7-4-5-8-18(17)15-24/h4-5,7-8,16H,6,9-15H2,1-3H3,(H2,21,22,23). The number of hydrogen-bond acceptors (Lipinski definition) is 4. The zero-order valence-corrected chi connectivity index (χ0v) is 17.9. The molecule has 28 heavy (non-hydrogen) atoms. The number of rotatable bonds is 8. The molecule has 0 aromatic heterocycles. The number of aliphatic imine (C=N–C) groups is 1. The van der Waals surface area contributed by atoms with E-state index < -0.39 is 9.84 Å². The summed E-state index contributed by atoms with van der Waals surface area (Å²) >= 11 is 0. The number of nitrogens with zero attached hydrogens (tertiary/aromatic N) is 2. The number of hydrogen-bond donors (Lipinski definition) is 2. The van der Waals surface area contributed by atoms with E-state index in [-0.39, 0.29) is 17.7 Å². The third kappa shape index (κ3) is 7.50. The Morgan fingerprint density at radius 1 is 1.29 bits per heavy atom. The van der Waals surface area contributed by atoms with Gasteiger partial charge in [-0.2, -0.15) is 0 Å². The van der Waals surface area contributed by atoms with Crippen molar-refractivity contribution < 1.29 is 13.2 Å². The predicted octanol–water partition coefficient (Wildman–Crippen LogP) is 1.34. The number of guanidine groups is 1. The van der Waals surface area contributed by atoms with Gasteiger partial charge in [0.05, 0.1) is 5.75 Å². The Bertz CT molecular complexity index is 792. The molecule has 1 aromatic carbocycles. The van der Waals surface area contributed by atoms with Gasteiger partial charge >= 0.3 is 0 Å². The van der Waals surface area contributed by atoms with Gasteiger partial charge in [0.15, 0.2) is 5.96 Å². The Hall–Kier alpha value is -2.09. The highest BCUT2D eigenvalue weighted by Gasteiger charge is 2.19. The van der Waals surface area contributed by atoms with E-state index in [9.17, 15) is 13.2 Å². The molecule has 0 radical (unpaired) electrons. The first kappa shape index (κ1) is 22.2. The van der Waals surface area contributed by atoms with E-state index in [0.717, 1.165) is 19.4 Å². The van der Waals surface area contributed by atoms with Crippen molar-refractivity contribution in [1.82, 2.24) is 15.5 Å². The summed E-state index contributed by atoms with van der Waals surface area (Å²) in [5.41, 5.74) is 2.58. The number of carbonyl (C=O) groups excluding carboxylic acids is 1. The maximum atomic E-state index is 12.5. The monoisotopic (exact) mass is 408 g/mol. The van der Waals surface area contributed by atoms with Crippen molar-refractivity contribution in [2.24, 2.45) is 4.99 Å². The highest BCUT2D eigenvalue weighted by atomic mass is 32.2. The lowest BCUT2D eigenvalue weighted by atomic mass is 9.99. The van der Waals surface area contributed by atoms with Gasteiger partial charge in [-0.1, -0.05) is 24.3 Å². The number of amides is 1. The van der Waals surface area contributed by atoms with Gasteiger partial charge in [0.1, 0.15) is 9.84 Å². The number of fused-ring (bicyclic) bond motifs is 1. The van der Waals surface area contributed by atoms with Crippen LogP contribution in [0.1, 0.15) is 37.3 Å². The van der Waals surface area contributed by atoms with Crippen molar-refractivity contribution in [3.8, 4) is 0 Å². The molecule has 0 bridgehead atoms. The number of carbonyl (C=O) groups is 1. The fourth-order valence-corrected chi connectivity index (χ4v) is 3.99. The second kappa shape index (κ2) is 10.5. The molecule has 0 fully saturated rings. The lowest BCUT2D eigenvalue weighted by molar-refractivity contribution is -0.132. The molecule has 0 spiro atoms. The topological polar surface area (TPSA) is 90.9 Å². The Balaban J connectivity index is 1.68. The van der Waals surface area contributed by atoms with Crippen LogP contribution in [0.15, 0.2) is 29.3 Å². The molecule has 0 saturated heterocycles. The quantitative estimate of drug-likeness (QED) is 0.385. The van der Waals surface area contributed by atoms with Gasteiger partial charge in [-0.25, -0.2) is 8.42 Å². The maximum Gasteiger partial charge on any atom is 0.222 e. The van der Waals surface area contributed by atoms with Gasteiger partial charge in [0.25, 0.3) is 0 Å². The van der Waals surface area contributed by atoms with Gasteiger partial charge in [-0.05, 0) is 37.3 Å². The molecule has 2 rings (SSSR count). The van der Waals surface area contributed by atoms with Crippen LogP contribution in [-0.2, 0) is 27.6 Å². The normalized spacial score (nSPS) is 15.7. The zero-order valence-electron chi connectivity index (χ0n) is 17.1. The predicted molar refractivity (Wildman–Crippen MR) is 113 cm³/mol. The summed E-state index contributed by atoms with van der Waals surface area (Å²) in [7, 11) is -1.29. The van der Waals surface area contributed by atoms with Crippen LogP contribution in [0.2, 0.25) is 0 Å². The van der Waals surface area contributed by atoms with Crippen molar-refractivity contribution >= 4 is 21.7 Å². The molecule has 2 N–H and O–H groups in total. The first-order valence-corrected chi connectivity index (χ1v) is 11.8. The van der Waals surface area contributed by atoms with Crippen molar-refractivity contribution in [3.63, 3.8) is 0 Å². The number of benzene rings is 1. The van der Waals surface area contributed by atoms with E-state index >= 15 is 0 Å². The number of nitrogens with one attached hydrogen (secondary N) is 2. The molecule has 1 heterocycles. The smallest absolute Gasteiger partial charge is 0.222 e. The van der Waals surface area contributed by atoms with Gasteiger partial charge in [-0.15, -0.1) is 0 Å². The first-order valence-electron chi connectivity index (χ1n) is 9.78. The van der Waals surface area contributed by atoms with Crippen LogP contribution < -0.4 is 10.6 Å². The minimum Gasteiger partial charge on any atom is -0.356 e. The molecular weight excluding hydrogens is 376 g/mol. The average molecular weight is 409 g/mol. The molecule has 0 aliphatic carbocycles. The summed E-state index contributed by atoms with van der Waals surface area (Å²) in [5, 5.41) is 6.37. The highest BCUT2D eigenvalue weighted by molar-refractivity contribution is 7.90. The summed E-state index contributed by atoms with van der Waals surface area (Å²) < 4.78 is 22.5. The summed E-state index contributed by atoms with van der Waals surface area (Å²) in [5.74, 6) is 0.951. The Morgan fingerprint density at radius 2 is 2.00 bits per heavy atom. The minimum atomic E-state index is -2.96. The number of sulfone groups is 1. The van der Waals surface area contributed by atoms with E-state index in [1.54, 1.807) is 7.05 Å². The molecule has 1 aliphatic rings. The second-order valence-corrected chi connectivity index (χ2v) is 9.66. The van der Waals surface area contributed by atoms with Crippen LogP contribution >= 0.6 is 0 Å². The van der Waals surface area contributed by atoms with Gasteiger partial charge in [-0.3, -0.25) is 9.79 Å². The largest absolute Gasteiger partial charge is 0.356 e. The Morgan fingerprint density at radius 3 is 2.68 bits per heavy atom. The Kier molecular flexibility index (Phi) is 8.29. The SMILES string of the molecule is CN=C(NCCCC(=O)N1CCc2ccccc2C1)NC(C)CCS(C)(=O)=O. The van der Waals surface area contributed by atoms with Crippen molar-refractivity contribution in [3.05, 3.63) is 35.4 Å². The van der Waals surface area contributed by atoms with E-state index in [1.807, 2.05) is 24.0 Å². The lowest BCUT2D eigenvalue weighted by Crippen LogP contribution is -2.43. The lowest BCUT2D eigenvalue weighted by Gasteiger charge is -2.29. The van der Waals surface area contributed by atoms with Gasteiger partial charge < -0.3 is 15.5 Å². The molecule has 0 saturated carbocycles. The molecular formula is C20H32N4O3S. The van der Waals surface area contributed by atoms with Gasteiger partial charge in [0.2, 0.25) is 5.91 Å². The average Bonchev–Trinajstić information content (AvgIpc) is 2.67. The fourth-order valence-electron chi connectivity index (χ4n) is 3.20. The molecule has 156 valence electrons. The van der Waals surface area contributed by atoms with E-state index in [4.69, 9.17) is 0 Å². The van der Waals surface area contributed by atoms with Gasteiger partial charge in [0, 0.05) is 45.4 Å². The van der Waals surface area contributed by atoms with Crippen LogP contribution in [0.5, 0.6) is 0 Å². The minimum absolute atomic E-state index is 0.00373. The first-order chi connectivity index (χ1) is 13.3. The molecule has 1 aliphatic heterocycles. The third-order valence-corrected chi connectivity index (χ3v) is 5.85. The molecule has 7 nitrogen and oxygen atoms in total. The van der Waals surface area contributed by atoms with Crippen LogP contribution in [0.3, 0.4) is 0 Å². The van der Waals surface area contributed by atoms with Crippen molar-refractivity contribution in [2.75, 3.05) is 32.1 Å². The summed E-state index contributed by atoms with van der Waals surface area (Å²) in [6, 6.07) is 8.29. The van der Waals surface area contributed by atoms with E-state index in [1.165, 1.54) is 17.4 Å². The molecule has 1 unspecified atom stereocenters. The van der Waals surface area contributed by atoms with Crippen molar-refractivity contribution in [2.45, 2.75) is 45.2 Å². The molecule has 1 aromatic rings. The molecule has 1 amide bonds. The highest BCUT2D eigenvalue weighted by Crippen LogP contribution is 2.19. The zero-order chi connectivity index (χ0) is 20.6. The molecule has 1 atom stereocenters. The van der Waals surface area contributed by atoms with E-state index in [2.05, 4.69) is 27.8 Å². The van der Waals surface area contributed by atoms with E-state index in [0.29, 0.717) is 31.9 Å². The summed E-state index contributed by atoms with van der Waals surface area (Å²) in [4.78, 5) is 18.6. The van der Waals surface area contributed by atoms with Crippen molar-refractivity contribution in [1.29, 1.82) is 0 Å². The summed E-state index contributed by atoms with van der Waals surface area (Å²) in [6.07, 6.45) is 3.90. The van der Waals surface area contributed by atoms with Crippen LogP contribution in [0, 0.1) is 0 Å². The molecule has 8 heteroatoms. The fraction of sp³-hybridized carbons (Fsp3) is 0.600. The Labute approximate surface area is 168 Å². The maximum absolute atomic E-state index is 12.5. The van der Waals surface area contributed by atoms with Crippen LogP contribution in [0.4, 0.5) is 0 Å². The summed E-state index contributed by atoms with van der Waals surface area (Å²) in [6.45, 7) is 4.04. The third-order valence-electron chi connectivity index (χ3n) is 4.87.